The number of nitrogens with one attached hydrogen (secondary N) is 1. The van der Waals surface area contributed by atoms with Crippen molar-refractivity contribution in [2.45, 2.75) is 26.3 Å². The number of nitrogens with zero attached hydrogens (tertiary/aromatic N) is 2. The quantitative estimate of drug-likeness (QED) is 0.830. The molecule has 0 saturated carbocycles. The highest BCUT2D eigenvalue weighted by molar-refractivity contribution is 5.83. The summed E-state index contributed by atoms with van der Waals surface area (Å²) in [6.45, 7) is 3.81. The third kappa shape index (κ3) is 4.57. The molecule has 0 fully saturated rings. The molecule has 3 amide bonds. The van der Waals surface area contributed by atoms with E-state index in [1.807, 2.05) is 32.0 Å². The molecule has 3 N–H and O–H groups in total. The maximum atomic E-state index is 11.8. The van der Waals surface area contributed by atoms with Gasteiger partial charge in [-0.05, 0) is 25.5 Å². The molecule has 1 heterocycles. The summed E-state index contributed by atoms with van der Waals surface area (Å²) >= 11 is 0. The van der Waals surface area contributed by atoms with Gasteiger partial charge in [0.25, 0.3) is 0 Å². The third-order valence-corrected chi connectivity index (χ3v) is 2.77. The van der Waals surface area contributed by atoms with E-state index in [0.717, 1.165) is 22.7 Å². The molecule has 104 valence electrons. The summed E-state index contributed by atoms with van der Waals surface area (Å²) < 4.78 is 0. The van der Waals surface area contributed by atoms with Crippen LogP contribution in [0.2, 0.25) is 0 Å². The summed E-state index contributed by atoms with van der Waals surface area (Å²) in [4.78, 5) is 28.2. The number of hydrogen-bond donors (Lipinski definition) is 2. The van der Waals surface area contributed by atoms with Crippen molar-refractivity contribution in [3.8, 4) is 0 Å². The number of aromatic nitrogens is 1. The minimum Gasteiger partial charge on any atom is -0.351 e. The molecule has 0 saturated heterocycles. The predicted octanol–water partition coefficient (Wildman–Crippen LogP) is 0.968. The van der Waals surface area contributed by atoms with Crippen molar-refractivity contribution < 1.29 is 9.59 Å². The van der Waals surface area contributed by atoms with E-state index in [1.54, 1.807) is 0 Å². The van der Waals surface area contributed by atoms with E-state index in [9.17, 15) is 9.59 Å². The van der Waals surface area contributed by atoms with Crippen LogP contribution in [0, 0.1) is 6.92 Å². The smallest absolute Gasteiger partial charge is 0.314 e. The number of primary amides is 1. The summed E-state index contributed by atoms with van der Waals surface area (Å²) in [5.41, 5.74) is 6.79. The van der Waals surface area contributed by atoms with Crippen LogP contribution >= 0.6 is 0 Å². The molecule has 19 heavy (non-hydrogen) atoms. The van der Waals surface area contributed by atoms with E-state index >= 15 is 0 Å². The molecule has 6 heteroatoms. The van der Waals surface area contributed by atoms with Crippen LogP contribution < -0.4 is 11.1 Å². The second-order valence-corrected chi connectivity index (χ2v) is 4.43. The van der Waals surface area contributed by atoms with Crippen LogP contribution in [0.1, 0.15) is 30.8 Å². The SMILES string of the molecule is CCC(NC(=O)CN(C)C(N)=O)c1cccc(C)n1. The number of rotatable bonds is 5. The summed E-state index contributed by atoms with van der Waals surface area (Å²) in [6.07, 6.45) is 0.725. The van der Waals surface area contributed by atoms with Crippen LogP contribution in [0.3, 0.4) is 0 Å². The van der Waals surface area contributed by atoms with Crippen molar-refractivity contribution in [2.75, 3.05) is 13.6 Å². The molecule has 0 spiro atoms. The Morgan fingerprint density at radius 3 is 2.68 bits per heavy atom. The number of aryl methyl sites for hydroxylation is 1. The van der Waals surface area contributed by atoms with E-state index in [1.165, 1.54) is 7.05 Å². The lowest BCUT2D eigenvalue weighted by molar-refractivity contribution is -0.122. The molecule has 1 rings (SSSR count). The van der Waals surface area contributed by atoms with Gasteiger partial charge in [0.1, 0.15) is 6.54 Å². The monoisotopic (exact) mass is 264 g/mol. The number of nitrogens with two attached hydrogens (primary N) is 1. The summed E-state index contributed by atoms with van der Waals surface area (Å²) in [5, 5.41) is 2.85. The van der Waals surface area contributed by atoms with E-state index < -0.39 is 6.03 Å². The first kappa shape index (κ1) is 14.9. The Morgan fingerprint density at radius 1 is 1.47 bits per heavy atom. The van der Waals surface area contributed by atoms with Gasteiger partial charge in [-0.25, -0.2) is 4.79 Å². The van der Waals surface area contributed by atoms with Gasteiger partial charge in [0.15, 0.2) is 0 Å². The molecule has 1 unspecified atom stereocenters. The average molecular weight is 264 g/mol. The number of carbonyl (C=O) groups excluding carboxylic acids is 2. The van der Waals surface area contributed by atoms with Crippen molar-refractivity contribution in [3.05, 3.63) is 29.6 Å². The molecule has 0 bridgehead atoms. The summed E-state index contributed by atoms with van der Waals surface area (Å²) in [7, 11) is 1.48. The molecule has 1 atom stereocenters. The first-order valence-electron chi connectivity index (χ1n) is 6.17. The highest BCUT2D eigenvalue weighted by Crippen LogP contribution is 2.14. The lowest BCUT2D eigenvalue weighted by atomic mass is 10.1. The molecule has 0 aliphatic rings. The van der Waals surface area contributed by atoms with E-state index in [-0.39, 0.29) is 18.5 Å². The van der Waals surface area contributed by atoms with Crippen molar-refractivity contribution in [2.24, 2.45) is 5.73 Å². The summed E-state index contributed by atoms with van der Waals surface area (Å²) in [6, 6.07) is 4.89. The third-order valence-electron chi connectivity index (χ3n) is 2.77. The molecular formula is C13H20N4O2. The number of carbonyl (C=O) groups is 2. The second kappa shape index (κ2) is 6.72. The Morgan fingerprint density at radius 2 is 2.16 bits per heavy atom. The van der Waals surface area contributed by atoms with Crippen molar-refractivity contribution in [1.29, 1.82) is 0 Å². The van der Waals surface area contributed by atoms with Gasteiger partial charge in [-0.3, -0.25) is 9.78 Å². The number of likely N-dealkylation sites (N-methyl/N-ethyl adjacent to an activating group) is 1. The van der Waals surface area contributed by atoms with Crippen LogP contribution in [-0.2, 0) is 4.79 Å². The Balaban J connectivity index is 2.67. The number of urea groups is 1. The molecule has 1 aromatic heterocycles. The maximum absolute atomic E-state index is 11.8. The van der Waals surface area contributed by atoms with Crippen molar-refractivity contribution in [1.82, 2.24) is 15.2 Å². The first-order valence-corrected chi connectivity index (χ1v) is 6.17. The number of amides is 3. The summed E-state index contributed by atoms with van der Waals surface area (Å²) in [5.74, 6) is -0.253. The Hall–Kier alpha value is -2.11. The van der Waals surface area contributed by atoms with Gasteiger partial charge >= 0.3 is 6.03 Å². The lowest BCUT2D eigenvalue weighted by Crippen LogP contribution is -2.42. The standard InChI is InChI=1S/C13H20N4O2/c1-4-10(11-7-5-6-9(2)15-11)16-12(18)8-17(3)13(14)19/h5-7,10H,4,8H2,1-3H3,(H2,14,19)(H,16,18). The minimum absolute atomic E-state index is 0.0579. The second-order valence-electron chi connectivity index (χ2n) is 4.43. The normalized spacial score (nSPS) is 11.7. The van der Waals surface area contributed by atoms with Gasteiger partial charge in [-0.2, -0.15) is 0 Å². The number of hydrogen-bond acceptors (Lipinski definition) is 3. The Kier molecular flexibility index (Phi) is 5.29. The van der Waals surface area contributed by atoms with Crippen molar-refractivity contribution >= 4 is 11.9 Å². The molecule has 0 aliphatic carbocycles. The van der Waals surface area contributed by atoms with Gasteiger partial charge in [0.05, 0.1) is 11.7 Å². The largest absolute Gasteiger partial charge is 0.351 e. The fourth-order valence-corrected chi connectivity index (χ4v) is 1.68. The van der Waals surface area contributed by atoms with E-state index in [4.69, 9.17) is 5.73 Å². The zero-order valence-corrected chi connectivity index (χ0v) is 11.5. The van der Waals surface area contributed by atoms with Crippen LogP contribution in [0.4, 0.5) is 4.79 Å². The van der Waals surface area contributed by atoms with Crippen LogP contribution in [0.25, 0.3) is 0 Å². The highest BCUT2D eigenvalue weighted by Gasteiger charge is 2.16. The first-order chi connectivity index (χ1) is 8.93. The van der Waals surface area contributed by atoms with Gasteiger partial charge in [0, 0.05) is 12.7 Å². The van der Waals surface area contributed by atoms with E-state index in [2.05, 4.69) is 10.3 Å². The van der Waals surface area contributed by atoms with Crippen LogP contribution in [0.15, 0.2) is 18.2 Å². The average Bonchev–Trinajstić information content (AvgIpc) is 2.35. The molecular weight excluding hydrogens is 244 g/mol. The molecule has 0 radical (unpaired) electrons. The topological polar surface area (TPSA) is 88.3 Å². The zero-order valence-electron chi connectivity index (χ0n) is 11.5. The van der Waals surface area contributed by atoms with Gasteiger partial charge in [-0.15, -0.1) is 0 Å². The lowest BCUT2D eigenvalue weighted by Gasteiger charge is -2.19. The Bertz CT molecular complexity index is 462. The molecule has 6 nitrogen and oxygen atoms in total. The molecule has 1 aromatic rings. The maximum Gasteiger partial charge on any atom is 0.314 e. The molecule has 0 aromatic carbocycles. The number of pyridine rings is 1. The predicted molar refractivity (Wildman–Crippen MR) is 72.4 cm³/mol. The Labute approximate surface area is 113 Å². The zero-order chi connectivity index (χ0) is 14.4. The van der Waals surface area contributed by atoms with Crippen LogP contribution in [0.5, 0.6) is 0 Å². The van der Waals surface area contributed by atoms with Gasteiger partial charge in [-0.1, -0.05) is 13.0 Å². The van der Waals surface area contributed by atoms with Crippen molar-refractivity contribution in [3.63, 3.8) is 0 Å². The fraction of sp³-hybridized carbons (Fsp3) is 0.462. The van der Waals surface area contributed by atoms with Gasteiger partial charge in [0.2, 0.25) is 5.91 Å². The van der Waals surface area contributed by atoms with Gasteiger partial charge < -0.3 is 16.0 Å². The molecule has 0 aliphatic heterocycles. The van der Waals surface area contributed by atoms with Crippen LogP contribution in [-0.4, -0.2) is 35.4 Å². The fourth-order valence-electron chi connectivity index (χ4n) is 1.68. The minimum atomic E-state index is -0.628. The highest BCUT2D eigenvalue weighted by atomic mass is 16.2. The van der Waals surface area contributed by atoms with E-state index in [0.29, 0.717) is 0 Å².